The topological polar surface area (TPSA) is 72.6 Å². The minimum Gasteiger partial charge on any atom is -0.511 e. The van der Waals surface area contributed by atoms with Crippen LogP contribution < -0.4 is 5.73 Å². The standard InChI is InChI=1S/C30H33NO3S/c1-20-10-15-24(29(2,3)4)26(18-20)35-27-25(32)19-30(34-28(27)33,22-11-13-23(31)14-12-22)17-16-21-8-6-5-7-9-21/h5-15,18,32H,16-17,19,31H2,1-4H3. The number of aliphatic hydroxyl groups excluding tert-OH is 1. The van der Waals surface area contributed by atoms with Gasteiger partial charge < -0.3 is 15.6 Å². The van der Waals surface area contributed by atoms with Gasteiger partial charge in [0.2, 0.25) is 0 Å². The van der Waals surface area contributed by atoms with Crippen molar-refractivity contribution in [3.05, 3.63) is 106 Å². The average molecular weight is 488 g/mol. The molecule has 35 heavy (non-hydrogen) atoms. The fraction of sp³-hybridized carbons (Fsp3) is 0.300. The van der Waals surface area contributed by atoms with E-state index in [1.807, 2.05) is 37.3 Å². The molecule has 0 bridgehead atoms. The Kier molecular flexibility index (Phi) is 7.00. The van der Waals surface area contributed by atoms with Crippen molar-refractivity contribution in [2.45, 2.75) is 62.9 Å². The maximum atomic E-state index is 13.4. The van der Waals surface area contributed by atoms with Gasteiger partial charge in [0.15, 0.2) is 0 Å². The van der Waals surface area contributed by atoms with Crippen molar-refractivity contribution >= 4 is 23.4 Å². The Labute approximate surface area is 212 Å². The van der Waals surface area contributed by atoms with E-state index in [1.165, 1.54) is 11.8 Å². The smallest absolute Gasteiger partial charge is 0.349 e. The number of carbonyl (C=O) groups excluding carboxylic acids is 1. The van der Waals surface area contributed by atoms with E-state index < -0.39 is 11.6 Å². The molecule has 3 aromatic carbocycles. The lowest BCUT2D eigenvalue weighted by molar-refractivity contribution is -0.160. The molecule has 182 valence electrons. The predicted molar refractivity (Wildman–Crippen MR) is 143 cm³/mol. The number of thioether (sulfide) groups is 1. The van der Waals surface area contributed by atoms with Crippen LogP contribution in [0, 0.1) is 6.92 Å². The second-order valence-corrected chi connectivity index (χ2v) is 11.3. The molecule has 3 aromatic rings. The number of hydrogen-bond acceptors (Lipinski definition) is 5. The molecule has 0 spiro atoms. The highest BCUT2D eigenvalue weighted by Crippen LogP contribution is 2.46. The lowest BCUT2D eigenvalue weighted by Gasteiger charge is -2.38. The molecule has 1 aliphatic heterocycles. The average Bonchev–Trinajstić information content (AvgIpc) is 2.80. The van der Waals surface area contributed by atoms with Gasteiger partial charge in [-0.2, -0.15) is 0 Å². The summed E-state index contributed by atoms with van der Waals surface area (Å²) in [6, 6.07) is 23.7. The van der Waals surface area contributed by atoms with Gasteiger partial charge in [-0.15, -0.1) is 0 Å². The van der Waals surface area contributed by atoms with Gasteiger partial charge in [-0.3, -0.25) is 0 Å². The van der Waals surface area contributed by atoms with Gasteiger partial charge in [0, 0.05) is 10.6 Å². The Morgan fingerprint density at radius 1 is 1.03 bits per heavy atom. The Morgan fingerprint density at radius 2 is 1.71 bits per heavy atom. The van der Waals surface area contributed by atoms with Gasteiger partial charge in [-0.25, -0.2) is 4.79 Å². The van der Waals surface area contributed by atoms with Crippen LogP contribution in [-0.2, 0) is 27.0 Å². The summed E-state index contributed by atoms with van der Waals surface area (Å²) in [5.74, 6) is -0.428. The summed E-state index contributed by atoms with van der Waals surface area (Å²) >= 11 is 1.30. The number of aryl methyl sites for hydroxylation is 2. The number of aliphatic hydroxyl groups is 1. The second-order valence-electron chi connectivity index (χ2n) is 10.3. The van der Waals surface area contributed by atoms with Gasteiger partial charge in [0.05, 0.1) is 6.42 Å². The molecular formula is C30H33NO3S. The number of esters is 1. The normalized spacial score (nSPS) is 18.5. The maximum absolute atomic E-state index is 13.4. The first kappa shape index (κ1) is 24.9. The Balaban J connectivity index is 1.70. The van der Waals surface area contributed by atoms with E-state index in [4.69, 9.17) is 10.5 Å². The van der Waals surface area contributed by atoms with Gasteiger partial charge >= 0.3 is 5.97 Å². The lowest BCUT2D eigenvalue weighted by Crippen LogP contribution is -2.38. The number of rotatable bonds is 6. The Bertz CT molecular complexity index is 1240. The molecule has 0 aromatic heterocycles. The maximum Gasteiger partial charge on any atom is 0.349 e. The highest BCUT2D eigenvalue weighted by Gasteiger charge is 2.43. The van der Waals surface area contributed by atoms with Crippen molar-refractivity contribution in [3.8, 4) is 0 Å². The zero-order valence-corrected chi connectivity index (χ0v) is 21.6. The number of ether oxygens (including phenoxy) is 1. The molecule has 0 amide bonds. The first-order chi connectivity index (χ1) is 16.6. The molecule has 4 rings (SSSR count). The van der Waals surface area contributed by atoms with Crippen molar-refractivity contribution < 1.29 is 14.6 Å². The van der Waals surface area contributed by atoms with Crippen LogP contribution in [0.2, 0.25) is 0 Å². The SMILES string of the molecule is Cc1ccc(C(C)(C)C)c(SC2=C(O)CC(CCc3ccccc3)(c3ccc(N)cc3)OC2=O)c1. The predicted octanol–water partition coefficient (Wildman–Crippen LogP) is 7.21. The van der Waals surface area contributed by atoms with Crippen molar-refractivity contribution in [2.24, 2.45) is 0 Å². The summed E-state index contributed by atoms with van der Waals surface area (Å²) in [4.78, 5) is 14.7. The molecule has 0 radical (unpaired) electrons. The molecule has 0 fully saturated rings. The highest BCUT2D eigenvalue weighted by atomic mass is 32.2. The van der Waals surface area contributed by atoms with Crippen LogP contribution in [0.3, 0.4) is 0 Å². The number of carbonyl (C=O) groups is 1. The molecule has 0 aliphatic carbocycles. The van der Waals surface area contributed by atoms with E-state index >= 15 is 0 Å². The number of cyclic esters (lactones) is 1. The summed E-state index contributed by atoms with van der Waals surface area (Å²) < 4.78 is 6.21. The van der Waals surface area contributed by atoms with E-state index in [0.29, 0.717) is 18.5 Å². The quantitative estimate of drug-likeness (QED) is 0.284. The number of nitrogen functional groups attached to an aromatic ring is 1. The van der Waals surface area contributed by atoms with E-state index in [1.54, 1.807) is 12.1 Å². The van der Waals surface area contributed by atoms with Gasteiger partial charge in [-0.1, -0.05) is 87.1 Å². The zero-order chi connectivity index (χ0) is 25.2. The highest BCUT2D eigenvalue weighted by molar-refractivity contribution is 8.04. The third-order valence-electron chi connectivity index (χ3n) is 6.44. The van der Waals surface area contributed by atoms with Crippen molar-refractivity contribution in [3.63, 3.8) is 0 Å². The molecule has 1 atom stereocenters. The number of hydrogen-bond donors (Lipinski definition) is 2. The second kappa shape index (κ2) is 9.82. The molecular weight excluding hydrogens is 454 g/mol. The van der Waals surface area contributed by atoms with Crippen LogP contribution >= 0.6 is 11.8 Å². The summed E-state index contributed by atoms with van der Waals surface area (Å²) in [5, 5.41) is 11.2. The Hall–Kier alpha value is -3.18. The van der Waals surface area contributed by atoms with Crippen LogP contribution in [0.4, 0.5) is 5.69 Å². The fourth-order valence-electron chi connectivity index (χ4n) is 4.50. The summed E-state index contributed by atoms with van der Waals surface area (Å²) in [6.07, 6.45) is 1.47. The first-order valence-electron chi connectivity index (χ1n) is 11.9. The molecule has 0 saturated carbocycles. The Morgan fingerprint density at radius 3 is 2.34 bits per heavy atom. The first-order valence-corrected chi connectivity index (χ1v) is 12.7. The molecule has 1 heterocycles. The van der Waals surface area contributed by atoms with Crippen LogP contribution in [0.25, 0.3) is 0 Å². The lowest BCUT2D eigenvalue weighted by atomic mass is 9.82. The molecule has 1 aliphatic rings. The third-order valence-corrected chi connectivity index (χ3v) is 7.61. The summed E-state index contributed by atoms with van der Waals surface area (Å²) in [6.45, 7) is 8.46. The molecule has 1 unspecified atom stereocenters. The summed E-state index contributed by atoms with van der Waals surface area (Å²) in [7, 11) is 0. The molecule has 4 nitrogen and oxygen atoms in total. The van der Waals surface area contributed by atoms with E-state index in [9.17, 15) is 9.90 Å². The minimum atomic E-state index is -0.964. The largest absolute Gasteiger partial charge is 0.511 e. The number of nitrogens with two attached hydrogens (primary N) is 1. The molecule has 5 heteroatoms. The number of benzene rings is 3. The van der Waals surface area contributed by atoms with Crippen LogP contribution in [0.15, 0.2) is 88.4 Å². The van der Waals surface area contributed by atoms with Gasteiger partial charge in [0.1, 0.15) is 16.3 Å². The van der Waals surface area contributed by atoms with E-state index in [2.05, 4.69) is 51.1 Å². The number of anilines is 1. The van der Waals surface area contributed by atoms with E-state index in [0.717, 1.165) is 27.1 Å². The van der Waals surface area contributed by atoms with Gasteiger partial charge in [0.25, 0.3) is 0 Å². The van der Waals surface area contributed by atoms with Crippen molar-refractivity contribution in [2.75, 3.05) is 5.73 Å². The van der Waals surface area contributed by atoms with Gasteiger partial charge in [-0.05, 0) is 65.6 Å². The van der Waals surface area contributed by atoms with Crippen LogP contribution in [-0.4, -0.2) is 11.1 Å². The fourth-order valence-corrected chi connectivity index (χ4v) is 5.76. The molecule has 3 N–H and O–H groups in total. The minimum absolute atomic E-state index is 0.0671. The van der Waals surface area contributed by atoms with Crippen molar-refractivity contribution in [1.29, 1.82) is 0 Å². The van der Waals surface area contributed by atoms with Crippen LogP contribution in [0.5, 0.6) is 0 Å². The van der Waals surface area contributed by atoms with Crippen molar-refractivity contribution in [1.82, 2.24) is 0 Å². The zero-order valence-electron chi connectivity index (χ0n) is 20.8. The summed E-state index contributed by atoms with van der Waals surface area (Å²) in [5.41, 5.74) is 9.70. The molecule has 0 saturated heterocycles. The van der Waals surface area contributed by atoms with Crippen LogP contribution in [0.1, 0.15) is 55.9 Å². The third kappa shape index (κ3) is 5.57. The van der Waals surface area contributed by atoms with E-state index in [-0.39, 0.29) is 22.5 Å². The monoisotopic (exact) mass is 487 g/mol.